The molecule has 1 aromatic carbocycles. The largest absolute Gasteiger partial charge is 0.497 e. The maximum Gasteiger partial charge on any atom is 0.119 e. The fourth-order valence-electron chi connectivity index (χ4n) is 1.63. The first kappa shape index (κ1) is 8.38. The topological polar surface area (TPSA) is 47.3 Å². The van der Waals surface area contributed by atoms with Gasteiger partial charge in [0.1, 0.15) is 5.75 Å². The number of hydrogen-bond acceptors (Lipinski definition) is 3. The van der Waals surface area contributed by atoms with Crippen molar-refractivity contribution in [2.45, 2.75) is 12.5 Å². The SMILES string of the molecule is COc1ccc2c(c1)CC(N)CN2. The highest BCUT2D eigenvalue weighted by atomic mass is 16.5. The van der Waals surface area contributed by atoms with E-state index in [4.69, 9.17) is 10.5 Å². The number of nitrogens with two attached hydrogens (primary N) is 1. The first-order valence-corrected chi connectivity index (χ1v) is 4.46. The van der Waals surface area contributed by atoms with Crippen molar-refractivity contribution in [1.82, 2.24) is 0 Å². The predicted molar refractivity (Wildman–Crippen MR) is 53.2 cm³/mol. The minimum atomic E-state index is 0.222. The third kappa shape index (κ3) is 1.60. The van der Waals surface area contributed by atoms with Crippen LogP contribution in [-0.2, 0) is 6.42 Å². The van der Waals surface area contributed by atoms with E-state index < -0.39 is 0 Å². The third-order valence-corrected chi connectivity index (χ3v) is 2.35. The van der Waals surface area contributed by atoms with E-state index in [0.29, 0.717) is 0 Å². The van der Waals surface area contributed by atoms with Crippen molar-refractivity contribution in [2.24, 2.45) is 5.73 Å². The molecule has 0 aromatic heterocycles. The molecule has 0 amide bonds. The Labute approximate surface area is 77.9 Å². The summed E-state index contributed by atoms with van der Waals surface area (Å²) in [5, 5.41) is 3.28. The van der Waals surface area contributed by atoms with Gasteiger partial charge in [0.25, 0.3) is 0 Å². The quantitative estimate of drug-likeness (QED) is 0.674. The van der Waals surface area contributed by atoms with Gasteiger partial charge in [0.2, 0.25) is 0 Å². The molecule has 0 radical (unpaired) electrons. The van der Waals surface area contributed by atoms with Gasteiger partial charge in [-0.3, -0.25) is 0 Å². The molecule has 1 heterocycles. The summed E-state index contributed by atoms with van der Waals surface area (Å²) in [6.07, 6.45) is 0.930. The molecule has 2 rings (SSSR count). The molecule has 0 bridgehead atoms. The Morgan fingerprint density at radius 2 is 2.38 bits per heavy atom. The van der Waals surface area contributed by atoms with E-state index in [1.807, 2.05) is 18.2 Å². The summed E-state index contributed by atoms with van der Waals surface area (Å²) < 4.78 is 5.15. The molecule has 1 unspecified atom stereocenters. The highest BCUT2D eigenvalue weighted by Gasteiger charge is 2.14. The minimum Gasteiger partial charge on any atom is -0.497 e. The molecular weight excluding hydrogens is 164 g/mol. The molecule has 13 heavy (non-hydrogen) atoms. The lowest BCUT2D eigenvalue weighted by Crippen LogP contribution is -2.35. The number of benzene rings is 1. The fraction of sp³-hybridized carbons (Fsp3) is 0.400. The van der Waals surface area contributed by atoms with Crippen LogP contribution in [0.3, 0.4) is 0 Å². The minimum absolute atomic E-state index is 0.222. The maximum absolute atomic E-state index is 5.84. The second-order valence-electron chi connectivity index (χ2n) is 3.37. The van der Waals surface area contributed by atoms with Crippen LogP contribution in [0.1, 0.15) is 5.56 Å². The van der Waals surface area contributed by atoms with Gasteiger partial charge in [-0.1, -0.05) is 0 Å². The zero-order chi connectivity index (χ0) is 9.26. The van der Waals surface area contributed by atoms with Crippen LogP contribution in [0, 0.1) is 0 Å². The number of hydrogen-bond donors (Lipinski definition) is 2. The smallest absolute Gasteiger partial charge is 0.119 e. The van der Waals surface area contributed by atoms with E-state index in [9.17, 15) is 0 Å². The van der Waals surface area contributed by atoms with Gasteiger partial charge >= 0.3 is 0 Å². The van der Waals surface area contributed by atoms with Gasteiger partial charge in [0.05, 0.1) is 7.11 Å². The summed E-state index contributed by atoms with van der Waals surface area (Å²) in [4.78, 5) is 0. The summed E-state index contributed by atoms with van der Waals surface area (Å²) in [5.41, 5.74) is 8.27. The van der Waals surface area contributed by atoms with Crippen LogP contribution in [0.2, 0.25) is 0 Å². The van der Waals surface area contributed by atoms with Crippen LogP contribution in [0.5, 0.6) is 5.75 Å². The number of methoxy groups -OCH3 is 1. The lowest BCUT2D eigenvalue weighted by Gasteiger charge is -2.23. The molecule has 0 spiro atoms. The monoisotopic (exact) mass is 178 g/mol. The molecule has 3 nitrogen and oxygen atoms in total. The normalized spacial score (nSPS) is 20.3. The number of nitrogens with one attached hydrogen (secondary N) is 1. The van der Waals surface area contributed by atoms with E-state index in [1.165, 1.54) is 11.3 Å². The average Bonchev–Trinajstić information content (AvgIpc) is 2.16. The standard InChI is InChI=1S/C10H14N2O/c1-13-9-2-3-10-7(5-9)4-8(11)6-12-10/h2-3,5,8,12H,4,6,11H2,1H3. The Hall–Kier alpha value is -1.22. The van der Waals surface area contributed by atoms with Crippen LogP contribution in [0.15, 0.2) is 18.2 Å². The summed E-state index contributed by atoms with van der Waals surface area (Å²) in [6, 6.07) is 6.27. The first-order valence-electron chi connectivity index (χ1n) is 4.46. The van der Waals surface area contributed by atoms with Crippen molar-refractivity contribution in [3.8, 4) is 5.75 Å². The van der Waals surface area contributed by atoms with Gasteiger partial charge in [0, 0.05) is 18.3 Å². The first-order chi connectivity index (χ1) is 6.29. The number of anilines is 1. The van der Waals surface area contributed by atoms with Crippen molar-refractivity contribution in [3.05, 3.63) is 23.8 Å². The molecule has 1 atom stereocenters. The molecular formula is C10H14N2O. The maximum atomic E-state index is 5.84. The van der Waals surface area contributed by atoms with Crippen LogP contribution < -0.4 is 15.8 Å². The number of fused-ring (bicyclic) bond motifs is 1. The van der Waals surface area contributed by atoms with Gasteiger partial charge in [-0.25, -0.2) is 0 Å². The molecule has 0 saturated carbocycles. The second-order valence-corrected chi connectivity index (χ2v) is 3.37. The molecule has 0 saturated heterocycles. The van der Waals surface area contributed by atoms with E-state index in [0.717, 1.165) is 18.7 Å². The third-order valence-electron chi connectivity index (χ3n) is 2.35. The number of rotatable bonds is 1. The molecule has 0 fully saturated rings. The average molecular weight is 178 g/mol. The van der Waals surface area contributed by atoms with E-state index in [1.54, 1.807) is 7.11 Å². The molecule has 3 heteroatoms. The van der Waals surface area contributed by atoms with Gasteiger partial charge in [-0.05, 0) is 30.2 Å². The Kier molecular flexibility index (Phi) is 2.10. The molecule has 3 N–H and O–H groups in total. The predicted octanol–water partition coefficient (Wildman–Crippen LogP) is 0.990. The molecule has 1 aromatic rings. The molecule has 0 aliphatic carbocycles. The van der Waals surface area contributed by atoms with Crippen LogP contribution in [0.25, 0.3) is 0 Å². The van der Waals surface area contributed by atoms with Crippen molar-refractivity contribution in [1.29, 1.82) is 0 Å². The van der Waals surface area contributed by atoms with Gasteiger partial charge in [0.15, 0.2) is 0 Å². The molecule has 1 aliphatic rings. The van der Waals surface area contributed by atoms with Crippen LogP contribution in [-0.4, -0.2) is 19.7 Å². The van der Waals surface area contributed by atoms with Gasteiger partial charge in [-0.2, -0.15) is 0 Å². The molecule has 1 aliphatic heterocycles. The van der Waals surface area contributed by atoms with Crippen LogP contribution in [0.4, 0.5) is 5.69 Å². The van der Waals surface area contributed by atoms with Crippen molar-refractivity contribution in [2.75, 3.05) is 19.0 Å². The lowest BCUT2D eigenvalue weighted by molar-refractivity contribution is 0.414. The lowest BCUT2D eigenvalue weighted by atomic mass is 10.0. The van der Waals surface area contributed by atoms with E-state index in [-0.39, 0.29) is 6.04 Å². The van der Waals surface area contributed by atoms with E-state index >= 15 is 0 Å². The van der Waals surface area contributed by atoms with Crippen LogP contribution >= 0.6 is 0 Å². The highest BCUT2D eigenvalue weighted by Crippen LogP contribution is 2.25. The Bertz CT molecular complexity index is 312. The summed E-state index contributed by atoms with van der Waals surface area (Å²) in [6.45, 7) is 0.860. The van der Waals surface area contributed by atoms with Crippen molar-refractivity contribution >= 4 is 5.69 Å². The van der Waals surface area contributed by atoms with Gasteiger partial charge in [-0.15, -0.1) is 0 Å². The summed E-state index contributed by atoms with van der Waals surface area (Å²) in [7, 11) is 1.68. The highest BCUT2D eigenvalue weighted by molar-refractivity contribution is 5.56. The van der Waals surface area contributed by atoms with Crippen molar-refractivity contribution in [3.63, 3.8) is 0 Å². The number of ether oxygens (including phenoxy) is 1. The van der Waals surface area contributed by atoms with E-state index in [2.05, 4.69) is 5.32 Å². The Morgan fingerprint density at radius 3 is 3.15 bits per heavy atom. The second kappa shape index (κ2) is 3.26. The fourth-order valence-corrected chi connectivity index (χ4v) is 1.63. The Balaban J connectivity index is 2.32. The zero-order valence-electron chi connectivity index (χ0n) is 7.71. The zero-order valence-corrected chi connectivity index (χ0v) is 7.71. The summed E-state index contributed by atoms with van der Waals surface area (Å²) >= 11 is 0. The summed E-state index contributed by atoms with van der Waals surface area (Å²) in [5.74, 6) is 0.898. The molecule has 70 valence electrons. The van der Waals surface area contributed by atoms with Crippen molar-refractivity contribution < 1.29 is 4.74 Å². The Morgan fingerprint density at radius 1 is 1.54 bits per heavy atom. The van der Waals surface area contributed by atoms with Gasteiger partial charge < -0.3 is 15.8 Å².